The number of piperidine rings is 1. The number of thioether (sulfide) groups is 1. The molecule has 0 saturated carbocycles. The van der Waals surface area contributed by atoms with Crippen LogP contribution in [0.4, 0.5) is 0 Å². The first kappa shape index (κ1) is 18.4. The average Bonchev–Trinajstić information content (AvgIpc) is 3.28. The second-order valence-electron chi connectivity index (χ2n) is 7.63. The van der Waals surface area contributed by atoms with Crippen LogP contribution in [0.2, 0.25) is 0 Å². The number of thiophene rings is 1. The molecule has 0 N–H and O–H groups in total. The highest BCUT2D eigenvalue weighted by Gasteiger charge is 2.54. The van der Waals surface area contributed by atoms with Crippen molar-refractivity contribution in [1.29, 1.82) is 0 Å². The first-order chi connectivity index (χ1) is 11.9. The van der Waals surface area contributed by atoms with Crippen molar-refractivity contribution >= 4 is 42.8 Å². The highest BCUT2D eigenvalue weighted by atomic mass is 35.7. The Morgan fingerprint density at radius 3 is 2.56 bits per heavy atom. The van der Waals surface area contributed by atoms with Crippen molar-refractivity contribution in [3.05, 3.63) is 33.9 Å². The summed E-state index contributed by atoms with van der Waals surface area (Å²) in [6.45, 7) is 0. The number of allylic oxidation sites excluding steroid dienone is 1. The molecule has 3 aliphatic rings. The van der Waals surface area contributed by atoms with Crippen molar-refractivity contribution in [2.45, 2.75) is 60.6 Å². The van der Waals surface area contributed by atoms with E-state index in [0.717, 1.165) is 24.1 Å². The number of rotatable bonds is 5. The Balaban J connectivity index is 1.70. The van der Waals surface area contributed by atoms with Crippen molar-refractivity contribution in [2.75, 3.05) is 7.05 Å². The van der Waals surface area contributed by atoms with Crippen LogP contribution in [0.5, 0.6) is 0 Å². The van der Waals surface area contributed by atoms with Crippen LogP contribution >= 0.6 is 33.8 Å². The van der Waals surface area contributed by atoms with E-state index in [-0.39, 0.29) is 5.25 Å². The first-order valence-corrected chi connectivity index (χ1v) is 13.1. The van der Waals surface area contributed by atoms with E-state index in [1.807, 2.05) is 22.9 Å². The normalized spacial score (nSPS) is 35.1. The van der Waals surface area contributed by atoms with Crippen LogP contribution in [0.3, 0.4) is 0 Å². The lowest BCUT2D eigenvalue weighted by molar-refractivity contribution is 0.122. The summed E-state index contributed by atoms with van der Waals surface area (Å²) in [5, 5.41) is 3.98. The van der Waals surface area contributed by atoms with E-state index < -0.39 is 13.8 Å². The summed E-state index contributed by atoms with van der Waals surface area (Å²) < 4.78 is 25.0. The fraction of sp³-hybridized carbons (Fsp3) is 0.667. The van der Waals surface area contributed by atoms with Crippen molar-refractivity contribution < 1.29 is 8.42 Å². The number of hydrogen-bond acceptors (Lipinski definition) is 5. The predicted octanol–water partition coefficient (Wildman–Crippen LogP) is 4.79. The Morgan fingerprint density at radius 1 is 1.32 bits per heavy atom. The quantitative estimate of drug-likeness (QED) is 0.645. The predicted molar refractivity (Wildman–Crippen MR) is 108 cm³/mol. The lowest BCUT2D eigenvalue weighted by Crippen LogP contribution is -2.46. The zero-order valence-corrected chi connectivity index (χ0v) is 17.5. The number of hydrogen-bond donors (Lipinski definition) is 0. The van der Waals surface area contributed by atoms with E-state index in [0.29, 0.717) is 24.4 Å². The highest BCUT2D eigenvalue weighted by Crippen LogP contribution is 2.53. The third kappa shape index (κ3) is 3.12. The molecule has 1 aromatic heterocycles. The summed E-state index contributed by atoms with van der Waals surface area (Å²) >= 11 is 3.17. The fourth-order valence-electron chi connectivity index (χ4n) is 5.09. The average molecular weight is 418 g/mol. The van der Waals surface area contributed by atoms with Gasteiger partial charge in [-0.15, -0.1) is 23.1 Å². The van der Waals surface area contributed by atoms with Crippen molar-refractivity contribution in [3.8, 4) is 0 Å². The topological polar surface area (TPSA) is 37.4 Å². The molecule has 138 valence electrons. The lowest BCUT2D eigenvalue weighted by atomic mass is 9.81. The molecule has 4 rings (SSSR count). The Morgan fingerprint density at radius 2 is 2.04 bits per heavy atom. The highest BCUT2D eigenvalue weighted by molar-refractivity contribution is 8.15. The smallest absolute Gasteiger partial charge is 0.244 e. The summed E-state index contributed by atoms with van der Waals surface area (Å²) in [4.78, 5) is 3.42. The van der Waals surface area contributed by atoms with Crippen LogP contribution in [0.15, 0.2) is 29.0 Å². The first-order valence-electron chi connectivity index (χ1n) is 8.92. The number of nitrogens with zero attached hydrogens (tertiary/aromatic N) is 1. The van der Waals surface area contributed by atoms with Crippen LogP contribution in [0.1, 0.15) is 43.4 Å². The Bertz CT molecular complexity index is 726. The van der Waals surface area contributed by atoms with E-state index in [1.165, 1.54) is 24.2 Å². The molecular weight excluding hydrogens is 394 g/mol. The molecule has 0 spiro atoms. The molecule has 2 saturated heterocycles. The van der Waals surface area contributed by atoms with Crippen LogP contribution in [0.25, 0.3) is 0 Å². The van der Waals surface area contributed by atoms with Crippen molar-refractivity contribution in [2.24, 2.45) is 5.92 Å². The summed E-state index contributed by atoms with van der Waals surface area (Å²) in [5.74, 6) is 0.422. The second-order valence-corrected chi connectivity index (χ2v) is 12.5. The van der Waals surface area contributed by atoms with Gasteiger partial charge in [-0.25, -0.2) is 8.42 Å². The van der Waals surface area contributed by atoms with Gasteiger partial charge in [-0.3, -0.25) is 0 Å². The molecule has 0 amide bonds. The van der Waals surface area contributed by atoms with Gasteiger partial charge in [-0.1, -0.05) is 12.1 Å². The van der Waals surface area contributed by atoms with Crippen molar-refractivity contribution in [1.82, 2.24) is 4.90 Å². The number of halogens is 1. The minimum Gasteiger partial charge on any atom is -0.300 e. The lowest BCUT2D eigenvalue weighted by Gasteiger charge is -2.42. The molecule has 4 atom stereocenters. The van der Waals surface area contributed by atoms with Gasteiger partial charge < -0.3 is 4.90 Å². The summed E-state index contributed by atoms with van der Waals surface area (Å²) in [6, 6.07) is 5.13. The summed E-state index contributed by atoms with van der Waals surface area (Å²) in [6.07, 6.45) is 8.19. The van der Waals surface area contributed by atoms with Crippen LogP contribution in [-0.2, 0) is 13.8 Å². The van der Waals surface area contributed by atoms with Gasteiger partial charge in [0.05, 0.1) is 0 Å². The van der Waals surface area contributed by atoms with Crippen molar-refractivity contribution in [3.63, 3.8) is 0 Å². The minimum absolute atomic E-state index is 0.0223. The van der Waals surface area contributed by atoms with Crippen LogP contribution < -0.4 is 0 Å². The van der Waals surface area contributed by atoms with Crippen LogP contribution in [0, 0.1) is 5.92 Å². The van der Waals surface area contributed by atoms with Gasteiger partial charge in [-0.2, -0.15) is 0 Å². The van der Waals surface area contributed by atoms with E-state index in [9.17, 15) is 8.42 Å². The Hall–Kier alpha value is -0.0100. The van der Waals surface area contributed by atoms with E-state index in [2.05, 4.69) is 18.0 Å². The van der Waals surface area contributed by atoms with Gasteiger partial charge in [0.25, 0.3) is 0 Å². The van der Waals surface area contributed by atoms with Gasteiger partial charge in [-0.05, 0) is 68.3 Å². The second kappa shape index (κ2) is 6.86. The third-order valence-corrected chi connectivity index (χ3v) is 11.3. The maximum absolute atomic E-state index is 13.0. The van der Waals surface area contributed by atoms with E-state index in [4.69, 9.17) is 10.7 Å². The largest absolute Gasteiger partial charge is 0.300 e. The molecule has 25 heavy (non-hydrogen) atoms. The molecule has 2 fully saturated rings. The molecule has 4 heterocycles. The zero-order chi connectivity index (χ0) is 17.7. The Kier molecular flexibility index (Phi) is 5.04. The molecule has 3 nitrogen and oxygen atoms in total. The summed E-state index contributed by atoms with van der Waals surface area (Å²) in [5.41, 5.74) is 0. The molecule has 0 radical (unpaired) electrons. The van der Waals surface area contributed by atoms with Gasteiger partial charge in [0.15, 0.2) is 0 Å². The molecule has 0 aliphatic carbocycles. The third-order valence-electron chi connectivity index (χ3n) is 6.37. The maximum atomic E-state index is 13.0. The Labute approximate surface area is 163 Å². The zero-order valence-electron chi connectivity index (χ0n) is 14.3. The van der Waals surface area contributed by atoms with E-state index in [1.54, 1.807) is 11.8 Å². The maximum Gasteiger partial charge on any atom is 0.244 e. The summed E-state index contributed by atoms with van der Waals surface area (Å²) in [7, 11) is 4.66. The monoisotopic (exact) mass is 417 g/mol. The molecule has 2 bridgehead atoms. The van der Waals surface area contributed by atoms with Gasteiger partial charge in [0, 0.05) is 32.9 Å². The SMILES string of the molecule is CN1C2CCC1CC(CC(c1cccs1)(C1CC=CS1)S(=O)(=O)Cl)C2. The standard InChI is InChI=1S/C18H24ClNO2S3/c1-20-14-6-7-15(20)11-13(10-14)12-18(25(19,21)22,16-4-2-8-23-16)17-5-3-9-24-17/h2-4,8-9,13-15,17H,5-7,10-12H2,1H3. The van der Waals surface area contributed by atoms with Gasteiger partial charge in [0.2, 0.25) is 9.05 Å². The molecule has 4 unspecified atom stereocenters. The minimum atomic E-state index is -3.75. The molecular formula is C18H24ClNO2S3. The molecule has 0 aromatic carbocycles. The molecule has 1 aromatic rings. The van der Waals surface area contributed by atoms with E-state index >= 15 is 0 Å². The molecule has 3 aliphatic heterocycles. The molecule has 7 heteroatoms. The fourth-order valence-corrected chi connectivity index (χ4v) is 10.4. The number of fused-ring (bicyclic) bond motifs is 2. The van der Waals surface area contributed by atoms with Gasteiger partial charge in [0.1, 0.15) is 4.75 Å². The van der Waals surface area contributed by atoms with Gasteiger partial charge >= 0.3 is 0 Å². The van der Waals surface area contributed by atoms with Crippen LogP contribution in [-0.4, -0.2) is 37.7 Å².